The number of phosphoric ester groups is 1. The summed E-state index contributed by atoms with van der Waals surface area (Å²) in [4.78, 5) is 46.0. The van der Waals surface area contributed by atoms with Crippen LogP contribution in [0, 0.1) is 0 Å². The van der Waals surface area contributed by atoms with Gasteiger partial charge in [-0.3, -0.25) is 18.6 Å². The minimum absolute atomic E-state index is 0.0163. The molecule has 1 amide bonds. The SMILES string of the molecule is CC/C=C\C/C=C\C/C=C\C/C=C\C/C=C\C/C=C\CCC(=O)NC(COP(=O)(O)OCC(O)COC(=O)CCCCCCCCCCCCC/C=C/CCCCCCCC)C(=O)O. The highest BCUT2D eigenvalue weighted by Gasteiger charge is 2.28. The van der Waals surface area contributed by atoms with Crippen LogP contribution in [0.15, 0.2) is 85.1 Å². The molecule has 0 aliphatic heterocycles. The van der Waals surface area contributed by atoms with Crippen LogP contribution in [0.2, 0.25) is 0 Å². The number of hydrogen-bond donors (Lipinski definition) is 4. The Balaban J connectivity index is 3.94. The normalized spacial score (nSPS) is 14.3. The van der Waals surface area contributed by atoms with E-state index in [1.54, 1.807) is 0 Å². The van der Waals surface area contributed by atoms with Crippen LogP contribution in [-0.2, 0) is 32.7 Å². The highest BCUT2D eigenvalue weighted by Crippen LogP contribution is 2.43. The smallest absolute Gasteiger partial charge is 0.472 e. The zero-order valence-corrected chi connectivity index (χ0v) is 40.7. The predicted octanol–water partition coefficient (Wildman–Crippen LogP) is 13.4. The van der Waals surface area contributed by atoms with Crippen molar-refractivity contribution in [2.24, 2.45) is 0 Å². The quantitative estimate of drug-likeness (QED) is 0.0200. The highest BCUT2D eigenvalue weighted by molar-refractivity contribution is 7.47. The van der Waals surface area contributed by atoms with Crippen molar-refractivity contribution in [2.75, 3.05) is 19.8 Å². The first-order valence-corrected chi connectivity index (χ1v) is 26.1. The molecule has 0 aromatic carbocycles. The van der Waals surface area contributed by atoms with Gasteiger partial charge < -0.3 is 25.2 Å². The number of hydrogen-bond acceptors (Lipinski definition) is 8. The standard InChI is InChI=1S/C52H88NO10P/c1-3-5-7-9-11-13-15-17-19-21-23-24-26-28-30-32-34-36-38-40-42-44-51(56)61-45-48(54)46-62-64(59,60)63-47-49(52(57)58)53-50(55)43-41-39-37-35-33-31-29-27-25-22-20-18-16-14-12-10-8-6-4-2/h6,8,12,14,17-20,25,27,31,33,37,39,48-49,54H,3-5,7,9-11,13,15-16,21-24,26,28-30,32,34-36,38,40-47H2,1-2H3,(H,53,55)(H,57,58)(H,59,60)/b8-6-,14-12-,19-17+,20-18-,27-25-,33-31-,39-37-. The predicted molar refractivity (Wildman–Crippen MR) is 263 cm³/mol. The first kappa shape index (κ1) is 60.7. The number of esters is 1. The van der Waals surface area contributed by atoms with Gasteiger partial charge >= 0.3 is 19.8 Å². The molecule has 0 bridgehead atoms. The lowest BCUT2D eigenvalue weighted by molar-refractivity contribution is -0.147. The van der Waals surface area contributed by atoms with E-state index in [0.717, 1.165) is 51.4 Å². The summed E-state index contributed by atoms with van der Waals surface area (Å²) in [5, 5.41) is 21.8. The maximum absolute atomic E-state index is 12.3. The lowest BCUT2D eigenvalue weighted by Crippen LogP contribution is -2.43. The van der Waals surface area contributed by atoms with Crippen LogP contribution < -0.4 is 5.32 Å². The van der Waals surface area contributed by atoms with Crippen molar-refractivity contribution < 1.29 is 47.8 Å². The summed E-state index contributed by atoms with van der Waals surface area (Å²) in [5.41, 5.74) is 0. The van der Waals surface area contributed by atoms with Crippen LogP contribution in [0.3, 0.4) is 0 Å². The first-order chi connectivity index (χ1) is 31.1. The number of aliphatic carboxylic acids is 1. The molecule has 3 unspecified atom stereocenters. The average molecular weight is 918 g/mol. The molecule has 0 heterocycles. The van der Waals surface area contributed by atoms with E-state index < -0.39 is 57.6 Å². The Morgan fingerprint density at radius 3 is 1.39 bits per heavy atom. The Hall–Kier alpha value is -3.34. The molecule has 0 saturated heterocycles. The Morgan fingerprint density at radius 1 is 0.516 bits per heavy atom. The number of aliphatic hydroxyl groups is 1. The molecule has 366 valence electrons. The average Bonchev–Trinajstić information content (AvgIpc) is 3.27. The Morgan fingerprint density at radius 2 is 0.922 bits per heavy atom. The number of rotatable bonds is 45. The zero-order chi connectivity index (χ0) is 47.0. The summed E-state index contributed by atoms with van der Waals surface area (Å²) in [6.45, 7) is 2.43. The summed E-state index contributed by atoms with van der Waals surface area (Å²) in [6.07, 6.45) is 57.7. The zero-order valence-electron chi connectivity index (χ0n) is 39.8. The van der Waals surface area contributed by atoms with Crippen LogP contribution in [0.25, 0.3) is 0 Å². The highest BCUT2D eigenvalue weighted by atomic mass is 31.2. The molecule has 12 heteroatoms. The molecule has 0 fully saturated rings. The molecule has 0 aromatic heterocycles. The number of aliphatic hydroxyl groups excluding tert-OH is 1. The molecule has 0 radical (unpaired) electrons. The molecule has 0 rings (SSSR count). The number of ether oxygens (including phenoxy) is 1. The van der Waals surface area contributed by atoms with Gasteiger partial charge in [0.2, 0.25) is 5.91 Å². The van der Waals surface area contributed by atoms with Gasteiger partial charge in [0.25, 0.3) is 0 Å². The van der Waals surface area contributed by atoms with Crippen LogP contribution in [0.5, 0.6) is 0 Å². The summed E-state index contributed by atoms with van der Waals surface area (Å²) in [5.74, 6) is -2.50. The van der Waals surface area contributed by atoms with E-state index in [1.807, 2.05) is 18.2 Å². The lowest BCUT2D eigenvalue weighted by Gasteiger charge is -2.18. The number of unbranched alkanes of at least 4 members (excludes halogenated alkanes) is 17. The fraction of sp³-hybridized carbons (Fsp3) is 0.673. The van der Waals surface area contributed by atoms with Crippen LogP contribution in [0.4, 0.5) is 0 Å². The molecule has 0 aromatic rings. The van der Waals surface area contributed by atoms with Gasteiger partial charge in [-0.15, -0.1) is 0 Å². The maximum Gasteiger partial charge on any atom is 0.472 e. The van der Waals surface area contributed by atoms with Crippen molar-refractivity contribution in [2.45, 2.75) is 206 Å². The molecule has 0 aliphatic rings. The van der Waals surface area contributed by atoms with Crippen LogP contribution in [-0.4, -0.2) is 64.9 Å². The fourth-order valence-corrected chi connectivity index (χ4v) is 7.16. The second-order valence-electron chi connectivity index (χ2n) is 16.3. The van der Waals surface area contributed by atoms with Crippen LogP contribution >= 0.6 is 7.82 Å². The van der Waals surface area contributed by atoms with Gasteiger partial charge in [0.05, 0.1) is 13.2 Å². The molecule has 64 heavy (non-hydrogen) atoms. The monoisotopic (exact) mass is 918 g/mol. The van der Waals surface area contributed by atoms with E-state index in [2.05, 4.69) is 86.0 Å². The lowest BCUT2D eigenvalue weighted by atomic mass is 10.0. The summed E-state index contributed by atoms with van der Waals surface area (Å²) in [6, 6.07) is -1.59. The molecule has 3 atom stereocenters. The third-order valence-corrected chi connectivity index (χ3v) is 11.1. The third kappa shape index (κ3) is 45.2. The summed E-state index contributed by atoms with van der Waals surface area (Å²) >= 11 is 0. The summed E-state index contributed by atoms with van der Waals surface area (Å²) in [7, 11) is -4.79. The maximum atomic E-state index is 12.3. The van der Waals surface area contributed by atoms with Crippen molar-refractivity contribution in [3.63, 3.8) is 0 Å². The van der Waals surface area contributed by atoms with Crippen molar-refractivity contribution in [3.05, 3.63) is 85.1 Å². The second kappa shape index (κ2) is 46.2. The minimum Gasteiger partial charge on any atom is -0.480 e. The van der Waals surface area contributed by atoms with E-state index in [1.165, 1.54) is 96.3 Å². The number of amides is 1. The number of carboxylic acids is 1. The number of allylic oxidation sites excluding steroid dienone is 14. The van der Waals surface area contributed by atoms with Gasteiger partial charge in [-0.2, -0.15) is 0 Å². The van der Waals surface area contributed by atoms with E-state index in [0.29, 0.717) is 19.3 Å². The van der Waals surface area contributed by atoms with Gasteiger partial charge in [-0.05, 0) is 77.0 Å². The van der Waals surface area contributed by atoms with E-state index in [9.17, 15) is 34.1 Å². The van der Waals surface area contributed by atoms with Crippen molar-refractivity contribution >= 4 is 25.7 Å². The topological polar surface area (TPSA) is 169 Å². The summed E-state index contributed by atoms with van der Waals surface area (Å²) < 4.78 is 26.9. The molecule has 4 N–H and O–H groups in total. The molecule has 0 saturated carbocycles. The van der Waals surface area contributed by atoms with Crippen molar-refractivity contribution in [1.29, 1.82) is 0 Å². The van der Waals surface area contributed by atoms with E-state index in [-0.39, 0.29) is 12.8 Å². The van der Waals surface area contributed by atoms with Gasteiger partial charge in [-0.25, -0.2) is 9.36 Å². The Labute approximate surface area is 388 Å². The fourth-order valence-electron chi connectivity index (χ4n) is 6.39. The number of carbonyl (C=O) groups is 3. The molecule has 11 nitrogen and oxygen atoms in total. The molecular formula is C52H88NO10P. The van der Waals surface area contributed by atoms with Gasteiger partial charge in [0.15, 0.2) is 6.04 Å². The molecule has 0 spiro atoms. The van der Waals surface area contributed by atoms with E-state index in [4.69, 9.17) is 13.8 Å². The number of carbonyl (C=O) groups excluding carboxylic acids is 2. The first-order valence-electron chi connectivity index (χ1n) is 24.6. The van der Waals surface area contributed by atoms with Gasteiger partial charge in [0.1, 0.15) is 12.7 Å². The van der Waals surface area contributed by atoms with E-state index >= 15 is 0 Å². The Bertz CT molecular complexity index is 1400. The largest absolute Gasteiger partial charge is 0.480 e. The second-order valence-corrected chi connectivity index (χ2v) is 17.7. The number of nitrogens with one attached hydrogen (secondary N) is 1. The van der Waals surface area contributed by atoms with Gasteiger partial charge in [0, 0.05) is 12.8 Å². The van der Waals surface area contributed by atoms with Crippen molar-refractivity contribution in [3.8, 4) is 0 Å². The number of phosphoric acid groups is 1. The van der Waals surface area contributed by atoms with Crippen LogP contribution in [0.1, 0.15) is 194 Å². The van der Waals surface area contributed by atoms with Crippen molar-refractivity contribution in [1.82, 2.24) is 5.32 Å². The minimum atomic E-state index is -4.79. The number of carboxylic acid groups (broad SMARTS) is 1. The van der Waals surface area contributed by atoms with Gasteiger partial charge in [-0.1, -0.05) is 189 Å². The molecule has 0 aliphatic carbocycles. The molecular weight excluding hydrogens is 830 g/mol. The third-order valence-electron chi connectivity index (χ3n) is 10.2. The Kier molecular flexibility index (Phi) is 43.8.